The molecule has 4 atom stereocenters. The Morgan fingerprint density at radius 3 is 2.40 bits per heavy atom. The monoisotopic (exact) mass is 622 g/mol. The zero-order chi connectivity index (χ0) is 32.0. The van der Waals surface area contributed by atoms with Gasteiger partial charge in [-0.25, -0.2) is 0 Å². The third-order valence-corrected chi connectivity index (χ3v) is 8.82. The predicted octanol–water partition coefficient (Wildman–Crippen LogP) is 3.11. The molecular weight excluding hydrogens is 576 g/mol. The van der Waals surface area contributed by atoms with E-state index in [1.165, 1.54) is 0 Å². The molecule has 3 aliphatic rings. The van der Waals surface area contributed by atoms with E-state index in [4.69, 9.17) is 14.0 Å². The topological polar surface area (TPSA) is 143 Å². The molecule has 0 bridgehead atoms. The highest BCUT2D eigenvalue weighted by Gasteiger charge is 2.50. The summed E-state index contributed by atoms with van der Waals surface area (Å²) in [6, 6.07) is 9.67. The molecule has 2 amide bonds. The van der Waals surface area contributed by atoms with E-state index in [0.717, 1.165) is 31.5 Å². The van der Waals surface area contributed by atoms with E-state index < -0.39 is 29.5 Å². The molecule has 2 saturated heterocycles. The Hall–Kier alpha value is -3.41. The van der Waals surface area contributed by atoms with Gasteiger partial charge < -0.3 is 24.6 Å². The number of carbonyl (C=O) groups excluding carboxylic acids is 4. The molecule has 2 aliphatic heterocycles. The normalized spacial score (nSPS) is 22.0. The lowest BCUT2D eigenvalue weighted by atomic mass is 9.88. The summed E-state index contributed by atoms with van der Waals surface area (Å²) in [6.07, 6.45) is 3.24. The largest absolute Gasteiger partial charge is 0.379 e. The van der Waals surface area contributed by atoms with Crippen LogP contribution in [0.1, 0.15) is 74.7 Å². The van der Waals surface area contributed by atoms with Crippen molar-refractivity contribution in [1.29, 1.82) is 0 Å². The number of hydrogen-bond acceptors (Lipinski definition) is 9. The molecular formula is C34H46N4O7. The Kier molecular flexibility index (Phi) is 10.8. The van der Waals surface area contributed by atoms with Gasteiger partial charge >= 0.3 is 0 Å². The molecule has 11 nitrogen and oxygen atoms in total. The Labute approximate surface area is 264 Å². The molecule has 1 aliphatic carbocycles. The van der Waals surface area contributed by atoms with Gasteiger partial charge in [-0.1, -0.05) is 62.2 Å². The summed E-state index contributed by atoms with van der Waals surface area (Å²) in [7, 11) is 0. The molecule has 244 valence electrons. The minimum atomic E-state index is -0.875. The first-order valence-corrected chi connectivity index (χ1v) is 16.2. The molecule has 1 aromatic heterocycles. The van der Waals surface area contributed by atoms with Crippen molar-refractivity contribution in [2.75, 3.05) is 32.9 Å². The van der Waals surface area contributed by atoms with Crippen molar-refractivity contribution in [3.05, 3.63) is 53.4 Å². The molecule has 45 heavy (non-hydrogen) atoms. The lowest BCUT2D eigenvalue weighted by Gasteiger charge is -2.25. The van der Waals surface area contributed by atoms with Crippen LogP contribution in [0.25, 0.3) is 0 Å². The maximum atomic E-state index is 13.9. The van der Waals surface area contributed by atoms with Gasteiger partial charge in [0, 0.05) is 31.5 Å². The summed E-state index contributed by atoms with van der Waals surface area (Å²) in [5.41, 5.74) is 0.157. The Balaban J connectivity index is 1.27. The molecule has 2 N–H and O–H groups in total. The number of epoxide rings is 1. The van der Waals surface area contributed by atoms with Gasteiger partial charge in [0.1, 0.15) is 5.60 Å². The summed E-state index contributed by atoms with van der Waals surface area (Å²) in [5.74, 6) is -0.821. The lowest BCUT2D eigenvalue weighted by Crippen LogP contribution is -2.49. The van der Waals surface area contributed by atoms with Crippen LogP contribution in [0.15, 0.2) is 40.9 Å². The van der Waals surface area contributed by atoms with Crippen LogP contribution < -0.4 is 10.6 Å². The third-order valence-electron chi connectivity index (χ3n) is 8.82. The predicted molar refractivity (Wildman–Crippen MR) is 165 cm³/mol. The van der Waals surface area contributed by atoms with Gasteiger partial charge in [-0.3, -0.25) is 24.1 Å². The van der Waals surface area contributed by atoms with Crippen molar-refractivity contribution >= 4 is 23.4 Å². The standard InChI is InChI=1S/C34H46N4O7/c1-22(2)15-28(31(40)34(3)21-44-34)36-32(41)25(16-23-7-5-4-6-8-23)18-30(39)27(17-24-9-10-24)35-33(42)29-19-26(45-37-29)20-38-11-13-43-14-12-38/h4-8,19,22,24-25,27-28H,9-18,20-21H2,1-3H3,(H,35,42)(H,36,41)/t25-,27+,28+,34-/m1/s1. The van der Waals surface area contributed by atoms with Crippen molar-refractivity contribution in [2.24, 2.45) is 17.8 Å². The second-order valence-corrected chi connectivity index (χ2v) is 13.4. The fraction of sp³-hybridized carbons (Fsp3) is 0.618. The smallest absolute Gasteiger partial charge is 0.274 e. The van der Waals surface area contributed by atoms with Crippen LogP contribution in [0.2, 0.25) is 0 Å². The lowest BCUT2D eigenvalue weighted by molar-refractivity contribution is -0.134. The summed E-state index contributed by atoms with van der Waals surface area (Å²) >= 11 is 0. The first-order valence-electron chi connectivity index (χ1n) is 16.2. The number of ketones is 2. The van der Waals surface area contributed by atoms with E-state index in [0.29, 0.717) is 57.3 Å². The molecule has 5 rings (SSSR count). The van der Waals surface area contributed by atoms with Crippen molar-refractivity contribution in [1.82, 2.24) is 20.7 Å². The van der Waals surface area contributed by atoms with E-state index in [-0.39, 0.29) is 35.5 Å². The molecule has 0 unspecified atom stereocenters. The fourth-order valence-electron chi connectivity index (χ4n) is 5.82. The van der Waals surface area contributed by atoms with Gasteiger partial charge in [0.05, 0.1) is 38.4 Å². The Morgan fingerprint density at radius 2 is 1.76 bits per heavy atom. The molecule has 0 radical (unpaired) electrons. The molecule has 1 aromatic carbocycles. The number of benzene rings is 1. The number of amides is 2. The highest BCUT2D eigenvalue weighted by atomic mass is 16.6. The van der Waals surface area contributed by atoms with E-state index in [9.17, 15) is 19.2 Å². The van der Waals surface area contributed by atoms with Crippen LogP contribution in [-0.4, -0.2) is 84.0 Å². The van der Waals surface area contributed by atoms with E-state index in [2.05, 4.69) is 20.7 Å². The minimum absolute atomic E-state index is 0.0736. The molecule has 11 heteroatoms. The number of nitrogens with one attached hydrogen (secondary N) is 2. The second-order valence-electron chi connectivity index (χ2n) is 13.4. The SMILES string of the molecule is CC(C)C[C@H](NC(=O)[C@@H](CC(=O)[C@H](CC1CC1)NC(=O)c1cc(CN2CCOCC2)on1)Cc1ccccc1)C(=O)[C@@]1(C)CO1. The number of carbonyl (C=O) groups is 4. The summed E-state index contributed by atoms with van der Waals surface area (Å²) in [6.45, 7) is 9.45. The number of morpholine rings is 1. The highest BCUT2D eigenvalue weighted by molar-refractivity contribution is 5.99. The van der Waals surface area contributed by atoms with Crippen molar-refractivity contribution in [3.63, 3.8) is 0 Å². The van der Waals surface area contributed by atoms with Crippen LogP contribution in [0.5, 0.6) is 0 Å². The Morgan fingerprint density at radius 1 is 1.04 bits per heavy atom. The van der Waals surface area contributed by atoms with Gasteiger partial charge in [0.2, 0.25) is 5.91 Å². The van der Waals surface area contributed by atoms with Gasteiger partial charge in [0.25, 0.3) is 5.91 Å². The fourth-order valence-corrected chi connectivity index (χ4v) is 5.82. The van der Waals surface area contributed by atoms with Crippen LogP contribution in [0.4, 0.5) is 0 Å². The van der Waals surface area contributed by atoms with Gasteiger partial charge in [-0.05, 0) is 43.6 Å². The summed E-state index contributed by atoms with van der Waals surface area (Å²) in [5, 5.41) is 9.84. The van der Waals surface area contributed by atoms with E-state index in [1.54, 1.807) is 13.0 Å². The van der Waals surface area contributed by atoms with Gasteiger partial charge in [-0.15, -0.1) is 0 Å². The van der Waals surface area contributed by atoms with Crippen molar-refractivity contribution in [2.45, 2.75) is 83.5 Å². The van der Waals surface area contributed by atoms with Gasteiger partial charge in [-0.2, -0.15) is 0 Å². The number of aromatic nitrogens is 1. The molecule has 0 spiro atoms. The number of nitrogens with zero attached hydrogens (tertiary/aromatic N) is 2. The molecule has 2 aromatic rings. The van der Waals surface area contributed by atoms with Gasteiger partial charge in [0.15, 0.2) is 23.0 Å². The van der Waals surface area contributed by atoms with E-state index in [1.807, 2.05) is 44.2 Å². The second kappa shape index (κ2) is 14.8. The average molecular weight is 623 g/mol. The first-order chi connectivity index (χ1) is 21.6. The number of Topliss-reactive ketones (excluding diaryl/α,β-unsaturated/α-hetero) is 2. The van der Waals surface area contributed by atoms with Crippen LogP contribution in [-0.2, 0) is 36.8 Å². The summed E-state index contributed by atoms with van der Waals surface area (Å²) in [4.78, 5) is 56.3. The van der Waals surface area contributed by atoms with Crippen molar-refractivity contribution < 1.29 is 33.2 Å². The average Bonchev–Trinajstić information content (AvgIpc) is 3.95. The maximum absolute atomic E-state index is 13.9. The van der Waals surface area contributed by atoms with Crippen LogP contribution in [0.3, 0.4) is 0 Å². The minimum Gasteiger partial charge on any atom is -0.379 e. The Bertz CT molecular complexity index is 1330. The molecule has 3 fully saturated rings. The third kappa shape index (κ3) is 9.54. The van der Waals surface area contributed by atoms with Crippen LogP contribution >= 0.6 is 0 Å². The zero-order valence-corrected chi connectivity index (χ0v) is 26.6. The molecule has 1 saturated carbocycles. The van der Waals surface area contributed by atoms with E-state index >= 15 is 0 Å². The molecule has 3 heterocycles. The van der Waals surface area contributed by atoms with Crippen LogP contribution in [0, 0.1) is 17.8 Å². The number of rotatable bonds is 17. The quantitative estimate of drug-likeness (QED) is 0.254. The maximum Gasteiger partial charge on any atom is 0.274 e. The zero-order valence-electron chi connectivity index (χ0n) is 26.6. The number of ether oxygens (including phenoxy) is 2. The highest BCUT2D eigenvalue weighted by Crippen LogP contribution is 2.34. The van der Waals surface area contributed by atoms with Crippen molar-refractivity contribution in [3.8, 4) is 0 Å². The summed E-state index contributed by atoms with van der Waals surface area (Å²) < 4.78 is 16.2. The first kappa shape index (κ1) is 33.0. The number of hydrogen-bond donors (Lipinski definition) is 2.